The van der Waals surface area contributed by atoms with E-state index < -0.39 is 5.54 Å². The third-order valence-corrected chi connectivity index (χ3v) is 4.75. The molecular weight excluding hydrogens is 252 g/mol. The van der Waals surface area contributed by atoms with Crippen LogP contribution in [0.4, 0.5) is 0 Å². The Balaban J connectivity index is 2.01. The fraction of sp³-hybridized carbons (Fsp3) is 0.938. The van der Waals surface area contributed by atoms with Gasteiger partial charge in [-0.15, -0.1) is 0 Å². The molecule has 2 rings (SSSR count). The second kappa shape index (κ2) is 6.44. The van der Waals surface area contributed by atoms with Crippen LogP contribution in [0.3, 0.4) is 0 Å². The average molecular weight is 282 g/mol. The van der Waals surface area contributed by atoms with Crippen molar-refractivity contribution in [3.8, 4) is 0 Å². The number of ether oxygens (including phenoxy) is 1. The number of hydrogen-bond donors (Lipinski definition) is 1. The first-order chi connectivity index (χ1) is 9.53. The monoisotopic (exact) mass is 282 g/mol. The molecule has 0 bridgehead atoms. The number of rotatable bonds is 9. The Hall–Kier alpha value is -0.610. The van der Waals surface area contributed by atoms with Gasteiger partial charge in [0.05, 0.1) is 6.61 Å². The summed E-state index contributed by atoms with van der Waals surface area (Å²) >= 11 is 0. The predicted molar refractivity (Wildman–Crippen MR) is 80.5 cm³/mol. The normalized spacial score (nSPS) is 28.2. The van der Waals surface area contributed by atoms with Crippen LogP contribution in [0.2, 0.25) is 0 Å². The van der Waals surface area contributed by atoms with Crippen LogP contribution < -0.4 is 5.32 Å². The minimum Gasteiger partial charge on any atom is -0.465 e. The quantitative estimate of drug-likeness (QED) is 0.656. The van der Waals surface area contributed by atoms with E-state index in [0.29, 0.717) is 12.5 Å². The molecule has 4 nitrogen and oxygen atoms in total. The topological polar surface area (TPSA) is 41.6 Å². The summed E-state index contributed by atoms with van der Waals surface area (Å²) in [6, 6.07) is 0. The fourth-order valence-electron chi connectivity index (χ4n) is 3.33. The number of hydrogen-bond acceptors (Lipinski definition) is 4. The Morgan fingerprint density at radius 2 is 2.05 bits per heavy atom. The molecular formula is C16H30N2O2. The first-order valence-corrected chi connectivity index (χ1v) is 8.14. The maximum Gasteiger partial charge on any atom is 0.327 e. The zero-order chi connectivity index (χ0) is 14.8. The number of likely N-dealkylation sites (N-methyl/N-ethyl adjacent to an activating group) is 2. The Labute approximate surface area is 123 Å². The maximum atomic E-state index is 12.5. The van der Waals surface area contributed by atoms with Gasteiger partial charge in [-0.05, 0) is 57.5 Å². The second-order valence-corrected chi connectivity index (χ2v) is 6.67. The van der Waals surface area contributed by atoms with Crippen molar-refractivity contribution in [1.29, 1.82) is 0 Å². The SMILES string of the molecule is CCNC(CN(C)CC1CC1C)(C(=O)OCC)C1CC1. The summed E-state index contributed by atoms with van der Waals surface area (Å²) in [6.45, 7) is 9.40. The summed E-state index contributed by atoms with van der Waals surface area (Å²) in [4.78, 5) is 14.9. The molecule has 20 heavy (non-hydrogen) atoms. The molecule has 3 atom stereocenters. The van der Waals surface area contributed by atoms with E-state index in [4.69, 9.17) is 4.74 Å². The highest BCUT2D eigenvalue weighted by Gasteiger charge is 2.52. The molecule has 1 N–H and O–H groups in total. The zero-order valence-corrected chi connectivity index (χ0v) is 13.4. The first kappa shape index (κ1) is 15.8. The number of nitrogens with one attached hydrogen (secondary N) is 1. The van der Waals surface area contributed by atoms with Gasteiger partial charge in [0.15, 0.2) is 0 Å². The Morgan fingerprint density at radius 3 is 2.50 bits per heavy atom. The van der Waals surface area contributed by atoms with Gasteiger partial charge in [0.25, 0.3) is 0 Å². The van der Waals surface area contributed by atoms with Crippen molar-refractivity contribution >= 4 is 5.97 Å². The predicted octanol–water partition coefficient (Wildman–Crippen LogP) is 1.90. The van der Waals surface area contributed by atoms with Crippen LogP contribution in [0.15, 0.2) is 0 Å². The molecule has 0 aromatic rings. The van der Waals surface area contributed by atoms with Gasteiger partial charge in [-0.2, -0.15) is 0 Å². The van der Waals surface area contributed by atoms with Gasteiger partial charge < -0.3 is 15.0 Å². The van der Waals surface area contributed by atoms with Gasteiger partial charge in [-0.25, -0.2) is 4.79 Å². The van der Waals surface area contributed by atoms with Crippen molar-refractivity contribution in [2.24, 2.45) is 17.8 Å². The molecule has 0 aliphatic heterocycles. The highest BCUT2D eigenvalue weighted by Crippen LogP contribution is 2.42. The van der Waals surface area contributed by atoms with E-state index in [2.05, 4.69) is 31.1 Å². The number of nitrogens with zero attached hydrogens (tertiary/aromatic N) is 1. The third kappa shape index (κ3) is 3.53. The van der Waals surface area contributed by atoms with Gasteiger partial charge >= 0.3 is 5.97 Å². The highest BCUT2D eigenvalue weighted by atomic mass is 16.5. The standard InChI is InChI=1S/C16H30N2O2/c1-5-17-16(14-7-8-14,15(19)20-6-2)11-18(4)10-13-9-12(13)3/h12-14,17H,5-11H2,1-4H3. The van der Waals surface area contributed by atoms with Crippen LogP contribution in [0.5, 0.6) is 0 Å². The summed E-state index contributed by atoms with van der Waals surface area (Å²) in [5, 5.41) is 3.46. The van der Waals surface area contributed by atoms with E-state index in [1.165, 1.54) is 6.42 Å². The summed E-state index contributed by atoms with van der Waals surface area (Å²) in [7, 11) is 2.14. The molecule has 0 spiro atoms. The molecule has 0 saturated heterocycles. The average Bonchev–Trinajstić information content (AvgIpc) is 3.27. The lowest BCUT2D eigenvalue weighted by Crippen LogP contribution is -2.61. The van der Waals surface area contributed by atoms with Crippen LogP contribution >= 0.6 is 0 Å². The molecule has 0 heterocycles. The summed E-state index contributed by atoms with van der Waals surface area (Å²) in [5.41, 5.74) is -0.488. The maximum absolute atomic E-state index is 12.5. The highest BCUT2D eigenvalue weighted by molar-refractivity contribution is 5.82. The van der Waals surface area contributed by atoms with Crippen molar-refractivity contribution in [1.82, 2.24) is 10.2 Å². The minimum atomic E-state index is -0.488. The smallest absolute Gasteiger partial charge is 0.327 e. The van der Waals surface area contributed by atoms with Crippen LogP contribution in [-0.4, -0.2) is 49.7 Å². The van der Waals surface area contributed by atoms with Gasteiger partial charge in [-0.3, -0.25) is 0 Å². The van der Waals surface area contributed by atoms with E-state index in [0.717, 1.165) is 44.3 Å². The molecule has 0 radical (unpaired) electrons. The molecule has 116 valence electrons. The summed E-state index contributed by atoms with van der Waals surface area (Å²) < 4.78 is 5.38. The van der Waals surface area contributed by atoms with Crippen molar-refractivity contribution in [2.75, 3.05) is 33.3 Å². The molecule has 4 heteroatoms. The molecule has 2 aliphatic carbocycles. The molecule has 0 aromatic heterocycles. The van der Waals surface area contributed by atoms with Crippen LogP contribution in [-0.2, 0) is 9.53 Å². The Bertz CT molecular complexity index is 343. The minimum absolute atomic E-state index is 0.0555. The Kier molecular flexibility index (Phi) is 5.08. The molecule has 0 aromatic carbocycles. The third-order valence-electron chi connectivity index (χ3n) is 4.75. The van der Waals surface area contributed by atoms with Gasteiger partial charge in [-0.1, -0.05) is 13.8 Å². The van der Waals surface area contributed by atoms with Crippen molar-refractivity contribution in [3.63, 3.8) is 0 Å². The lowest BCUT2D eigenvalue weighted by atomic mass is 9.92. The van der Waals surface area contributed by atoms with Crippen LogP contribution in [0.1, 0.15) is 40.0 Å². The van der Waals surface area contributed by atoms with E-state index in [1.54, 1.807) is 0 Å². The zero-order valence-electron chi connectivity index (χ0n) is 13.4. The Morgan fingerprint density at radius 1 is 1.40 bits per heavy atom. The molecule has 2 saturated carbocycles. The van der Waals surface area contributed by atoms with Crippen molar-refractivity contribution in [3.05, 3.63) is 0 Å². The number of carbonyl (C=O) groups is 1. The molecule has 2 aliphatic rings. The van der Waals surface area contributed by atoms with Crippen molar-refractivity contribution < 1.29 is 9.53 Å². The number of carbonyl (C=O) groups excluding carboxylic acids is 1. The van der Waals surface area contributed by atoms with E-state index >= 15 is 0 Å². The van der Waals surface area contributed by atoms with Crippen LogP contribution in [0.25, 0.3) is 0 Å². The number of esters is 1. The first-order valence-electron chi connectivity index (χ1n) is 8.14. The lowest BCUT2D eigenvalue weighted by molar-refractivity contribution is -0.153. The van der Waals surface area contributed by atoms with E-state index in [9.17, 15) is 4.79 Å². The summed E-state index contributed by atoms with van der Waals surface area (Å²) in [6.07, 6.45) is 3.61. The molecule has 3 unspecified atom stereocenters. The van der Waals surface area contributed by atoms with E-state index in [1.807, 2.05) is 6.92 Å². The van der Waals surface area contributed by atoms with Gasteiger partial charge in [0, 0.05) is 13.1 Å². The van der Waals surface area contributed by atoms with Crippen LogP contribution in [0, 0.1) is 17.8 Å². The molecule has 0 amide bonds. The summed E-state index contributed by atoms with van der Waals surface area (Å²) in [5.74, 6) is 2.07. The second-order valence-electron chi connectivity index (χ2n) is 6.67. The largest absolute Gasteiger partial charge is 0.465 e. The van der Waals surface area contributed by atoms with Gasteiger partial charge in [0.2, 0.25) is 0 Å². The fourth-order valence-corrected chi connectivity index (χ4v) is 3.33. The van der Waals surface area contributed by atoms with Gasteiger partial charge in [0.1, 0.15) is 5.54 Å². The van der Waals surface area contributed by atoms with Crippen molar-refractivity contribution in [2.45, 2.75) is 45.6 Å². The molecule has 2 fully saturated rings. The lowest BCUT2D eigenvalue weighted by Gasteiger charge is -2.36. The van der Waals surface area contributed by atoms with E-state index in [-0.39, 0.29) is 5.97 Å².